The molecular formula is C30H28Cl3N5O3. The van der Waals surface area contributed by atoms with Crippen LogP contribution in [-0.4, -0.2) is 34.0 Å². The lowest BCUT2D eigenvalue weighted by Gasteiger charge is -2.28. The highest BCUT2D eigenvalue weighted by Crippen LogP contribution is 2.35. The summed E-state index contributed by atoms with van der Waals surface area (Å²) >= 11 is 18.3. The van der Waals surface area contributed by atoms with Gasteiger partial charge in [0, 0.05) is 58.8 Å². The zero-order chi connectivity index (χ0) is 28.9. The van der Waals surface area contributed by atoms with Gasteiger partial charge in [0.15, 0.2) is 0 Å². The van der Waals surface area contributed by atoms with Gasteiger partial charge in [-0.15, -0.1) is 0 Å². The van der Waals surface area contributed by atoms with Gasteiger partial charge < -0.3 is 25.7 Å². The second kappa shape index (κ2) is 13.0. The van der Waals surface area contributed by atoms with Crippen LogP contribution >= 0.6 is 34.8 Å². The zero-order valence-corrected chi connectivity index (χ0v) is 24.2. The van der Waals surface area contributed by atoms with Gasteiger partial charge in [0.2, 0.25) is 5.91 Å². The van der Waals surface area contributed by atoms with E-state index < -0.39 is 17.9 Å². The van der Waals surface area contributed by atoms with Crippen molar-refractivity contribution in [3.63, 3.8) is 0 Å². The average Bonchev–Trinajstić information content (AvgIpc) is 3.38. The summed E-state index contributed by atoms with van der Waals surface area (Å²) in [6.45, 7) is 1.54. The fraction of sp³-hybridized carbons (Fsp3) is 0.233. The highest BCUT2D eigenvalue weighted by molar-refractivity contribution is 6.34. The van der Waals surface area contributed by atoms with E-state index in [1.54, 1.807) is 42.7 Å². The number of amides is 2. The molecule has 0 saturated carbocycles. The number of para-hydroxylation sites is 1. The van der Waals surface area contributed by atoms with Gasteiger partial charge in [0.1, 0.15) is 11.8 Å². The molecule has 0 radical (unpaired) electrons. The lowest BCUT2D eigenvalue weighted by atomic mass is 9.96. The molecule has 11 heteroatoms. The number of rotatable bonds is 10. The first-order chi connectivity index (χ1) is 19.8. The lowest BCUT2D eigenvalue weighted by Crippen LogP contribution is -2.46. The number of aromatic nitrogens is 2. The van der Waals surface area contributed by atoms with Crippen LogP contribution in [0.4, 0.5) is 0 Å². The minimum Gasteiger partial charge on any atom is -0.492 e. The normalized spacial score (nSPS) is 15.0. The maximum Gasteiger partial charge on any atom is 0.255 e. The summed E-state index contributed by atoms with van der Waals surface area (Å²) in [7, 11) is 0. The number of fused-ring (bicyclic) bond motifs is 1. The smallest absolute Gasteiger partial charge is 0.255 e. The Kier molecular flexibility index (Phi) is 9.15. The van der Waals surface area contributed by atoms with Crippen LogP contribution in [0.2, 0.25) is 15.1 Å². The Morgan fingerprint density at radius 3 is 2.51 bits per heavy atom. The molecule has 1 unspecified atom stereocenters. The number of benzene rings is 3. The predicted molar refractivity (Wildman–Crippen MR) is 160 cm³/mol. The van der Waals surface area contributed by atoms with Gasteiger partial charge in [-0.05, 0) is 47.5 Å². The Morgan fingerprint density at radius 1 is 1.02 bits per heavy atom. The van der Waals surface area contributed by atoms with Crippen LogP contribution in [0, 0.1) is 0 Å². The first-order valence-corrected chi connectivity index (χ1v) is 14.2. The number of nitrogens with zero attached hydrogens (tertiary/aromatic N) is 2. The maximum absolute atomic E-state index is 13.3. The quantitative estimate of drug-likeness (QED) is 0.224. The number of ether oxygens (including phenoxy) is 1. The maximum atomic E-state index is 13.3. The first kappa shape index (κ1) is 29.0. The number of hydrogen-bond donors (Lipinski definition) is 3. The summed E-state index contributed by atoms with van der Waals surface area (Å²) in [6, 6.07) is 17.0. The summed E-state index contributed by atoms with van der Waals surface area (Å²) in [6.07, 6.45) is 4.54. The van der Waals surface area contributed by atoms with Crippen LogP contribution in [0.15, 0.2) is 73.2 Å². The predicted octanol–water partition coefficient (Wildman–Crippen LogP) is 5.33. The summed E-state index contributed by atoms with van der Waals surface area (Å²) in [5.74, 6) is -0.570. The molecule has 0 saturated heterocycles. The molecule has 3 aromatic carbocycles. The molecule has 1 aliphatic heterocycles. The Morgan fingerprint density at radius 2 is 1.78 bits per heavy atom. The van der Waals surface area contributed by atoms with Gasteiger partial charge in [-0.2, -0.15) is 0 Å². The van der Waals surface area contributed by atoms with Gasteiger partial charge in [0.05, 0.1) is 24.2 Å². The summed E-state index contributed by atoms with van der Waals surface area (Å²) in [5.41, 5.74) is 9.61. The summed E-state index contributed by atoms with van der Waals surface area (Å²) in [5, 5.41) is 8.10. The molecular weight excluding hydrogens is 585 g/mol. The van der Waals surface area contributed by atoms with E-state index in [0.29, 0.717) is 46.1 Å². The number of halogens is 3. The van der Waals surface area contributed by atoms with Gasteiger partial charge in [-0.1, -0.05) is 59.1 Å². The van der Waals surface area contributed by atoms with Gasteiger partial charge in [-0.3, -0.25) is 9.59 Å². The van der Waals surface area contributed by atoms with Crippen molar-refractivity contribution in [2.24, 2.45) is 5.73 Å². The molecule has 8 nitrogen and oxygen atoms in total. The molecule has 4 aromatic rings. The molecule has 0 bridgehead atoms. The molecule has 212 valence electrons. The molecule has 4 N–H and O–H groups in total. The van der Waals surface area contributed by atoms with Crippen molar-refractivity contribution in [2.45, 2.75) is 38.0 Å². The molecule has 2 heterocycles. The third-order valence-corrected chi connectivity index (χ3v) is 7.61. The van der Waals surface area contributed by atoms with Crippen molar-refractivity contribution >= 4 is 46.6 Å². The van der Waals surface area contributed by atoms with Crippen LogP contribution in [-0.2, 0) is 24.3 Å². The third kappa shape index (κ3) is 7.21. The second-order valence-corrected chi connectivity index (χ2v) is 11.2. The number of hydrogen-bond acceptors (Lipinski definition) is 5. The van der Waals surface area contributed by atoms with Crippen molar-refractivity contribution in [1.29, 1.82) is 0 Å². The van der Waals surface area contributed by atoms with E-state index in [-0.39, 0.29) is 12.5 Å². The Hall–Kier alpha value is -3.56. The van der Waals surface area contributed by atoms with E-state index in [9.17, 15) is 9.59 Å². The van der Waals surface area contributed by atoms with E-state index in [1.807, 2.05) is 35.0 Å². The minimum atomic E-state index is -0.897. The van der Waals surface area contributed by atoms with Crippen LogP contribution < -0.4 is 21.1 Å². The monoisotopic (exact) mass is 611 g/mol. The Bertz CT molecular complexity index is 1540. The molecule has 2 atom stereocenters. The summed E-state index contributed by atoms with van der Waals surface area (Å²) < 4.78 is 8.00. The molecule has 2 amide bonds. The third-order valence-electron chi connectivity index (χ3n) is 6.92. The van der Waals surface area contributed by atoms with Crippen molar-refractivity contribution in [3.05, 3.63) is 116 Å². The first-order valence-electron chi connectivity index (χ1n) is 13.0. The lowest BCUT2D eigenvalue weighted by molar-refractivity contribution is -0.119. The van der Waals surface area contributed by atoms with Crippen molar-refractivity contribution in [3.8, 4) is 5.75 Å². The minimum absolute atomic E-state index is 0.0588. The van der Waals surface area contributed by atoms with Gasteiger partial charge >= 0.3 is 0 Å². The van der Waals surface area contributed by atoms with Crippen LogP contribution in [0.1, 0.15) is 45.2 Å². The van der Waals surface area contributed by atoms with Gasteiger partial charge in [-0.25, -0.2) is 4.98 Å². The molecule has 0 aliphatic carbocycles. The van der Waals surface area contributed by atoms with E-state index in [0.717, 1.165) is 28.8 Å². The van der Waals surface area contributed by atoms with E-state index >= 15 is 0 Å². The van der Waals surface area contributed by atoms with E-state index in [2.05, 4.69) is 15.6 Å². The average molecular weight is 613 g/mol. The zero-order valence-electron chi connectivity index (χ0n) is 21.9. The molecule has 41 heavy (non-hydrogen) atoms. The molecule has 1 aromatic heterocycles. The van der Waals surface area contributed by atoms with Crippen molar-refractivity contribution < 1.29 is 14.3 Å². The van der Waals surface area contributed by atoms with Crippen LogP contribution in [0.25, 0.3) is 0 Å². The standard InChI is InChI=1S/C30H28Cl3N5O3/c31-20-6-4-18(5-7-20)12-27(29(34)39)37-30(40)25-3-1-2-24-26(8-9-41-28(24)25)36-15-23-14-35-17-38(23)16-19-10-21(32)13-22(33)11-19/h1-7,10-11,13-14,17,26-27,36H,8-9,12,15-16H2,(H2,34,39)(H,37,40)/t26?,27-/m0/s1. The topological polar surface area (TPSA) is 111 Å². The highest BCUT2D eigenvalue weighted by Gasteiger charge is 2.28. The highest BCUT2D eigenvalue weighted by atomic mass is 35.5. The number of carbonyl (C=O) groups excluding carboxylic acids is 2. The molecule has 0 spiro atoms. The number of carbonyl (C=O) groups is 2. The van der Waals surface area contributed by atoms with Crippen molar-refractivity contribution in [2.75, 3.05) is 6.61 Å². The van der Waals surface area contributed by atoms with Crippen LogP contribution in [0.3, 0.4) is 0 Å². The van der Waals surface area contributed by atoms with E-state index in [1.165, 1.54) is 0 Å². The fourth-order valence-electron chi connectivity index (χ4n) is 4.89. The van der Waals surface area contributed by atoms with Gasteiger partial charge in [0.25, 0.3) is 5.91 Å². The van der Waals surface area contributed by atoms with Crippen molar-refractivity contribution in [1.82, 2.24) is 20.2 Å². The number of primary amides is 1. The summed E-state index contributed by atoms with van der Waals surface area (Å²) in [4.78, 5) is 29.8. The SMILES string of the molecule is NC(=O)[C@H](Cc1ccc(Cl)cc1)NC(=O)c1cccc2c1OCCC2NCc1cncn1Cc1cc(Cl)cc(Cl)c1. The Balaban J connectivity index is 1.28. The molecule has 1 aliphatic rings. The fourth-order valence-corrected chi connectivity index (χ4v) is 5.59. The molecule has 5 rings (SSSR count). The van der Waals surface area contributed by atoms with E-state index in [4.69, 9.17) is 45.3 Å². The molecule has 0 fully saturated rings. The largest absolute Gasteiger partial charge is 0.492 e. The number of nitrogens with two attached hydrogens (primary N) is 1. The second-order valence-electron chi connectivity index (χ2n) is 9.84. The number of nitrogens with one attached hydrogen (secondary N) is 2. The Labute approximate surface area is 252 Å². The van der Waals surface area contributed by atoms with Crippen LogP contribution in [0.5, 0.6) is 5.75 Å². The number of imidazole rings is 1.